The fourth-order valence-electron chi connectivity index (χ4n) is 2.10. The van der Waals surface area contributed by atoms with E-state index in [2.05, 4.69) is 4.72 Å². The maximum absolute atomic E-state index is 12.6. The fourth-order valence-corrected chi connectivity index (χ4v) is 3.59. The van der Waals surface area contributed by atoms with Gasteiger partial charge in [0.05, 0.1) is 7.11 Å². The van der Waals surface area contributed by atoms with E-state index in [4.69, 9.17) is 4.74 Å². The molecule has 0 saturated carbocycles. The summed E-state index contributed by atoms with van der Waals surface area (Å²) in [4.78, 5) is 0.160. The molecule has 5 heteroatoms. The van der Waals surface area contributed by atoms with Crippen molar-refractivity contribution in [1.82, 2.24) is 4.72 Å². The third kappa shape index (κ3) is 3.62. The van der Waals surface area contributed by atoms with Crippen molar-refractivity contribution in [2.24, 2.45) is 0 Å². The molecule has 0 unspecified atom stereocenters. The molecule has 0 aromatic heterocycles. The highest BCUT2D eigenvalue weighted by Gasteiger charge is 2.22. The standard InChI is InChI=1S/C16H19NO3S/c1-12-9-10-15(20-3)16(11-12)21(18,19)17-13(2)14-7-5-4-6-8-14/h4-11,13,17H,1-3H3/t13-/m1/s1. The second kappa shape index (κ2) is 6.28. The van der Waals surface area contributed by atoms with E-state index in [1.165, 1.54) is 7.11 Å². The number of methoxy groups -OCH3 is 1. The van der Waals surface area contributed by atoms with Crippen LogP contribution in [0.25, 0.3) is 0 Å². The van der Waals surface area contributed by atoms with Gasteiger partial charge in [0.1, 0.15) is 10.6 Å². The van der Waals surface area contributed by atoms with Gasteiger partial charge in [0, 0.05) is 6.04 Å². The van der Waals surface area contributed by atoms with Gasteiger partial charge in [-0.15, -0.1) is 0 Å². The van der Waals surface area contributed by atoms with Crippen LogP contribution in [0.3, 0.4) is 0 Å². The van der Waals surface area contributed by atoms with Crippen LogP contribution in [-0.4, -0.2) is 15.5 Å². The first-order valence-electron chi connectivity index (χ1n) is 6.66. The summed E-state index contributed by atoms with van der Waals surface area (Å²) in [5.41, 5.74) is 1.77. The van der Waals surface area contributed by atoms with Crippen LogP contribution < -0.4 is 9.46 Å². The summed E-state index contributed by atoms with van der Waals surface area (Å²) in [6.07, 6.45) is 0. The Morgan fingerprint density at radius 2 is 1.76 bits per heavy atom. The molecule has 1 atom stereocenters. The molecule has 4 nitrogen and oxygen atoms in total. The molecule has 0 spiro atoms. The first-order valence-corrected chi connectivity index (χ1v) is 8.14. The molecule has 21 heavy (non-hydrogen) atoms. The Kier molecular flexibility index (Phi) is 4.65. The summed E-state index contributed by atoms with van der Waals surface area (Å²) in [6.45, 7) is 3.66. The molecule has 2 aromatic carbocycles. The molecule has 1 N–H and O–H groups in total. The molecule has 0 amide bonds. The van der Waals surface area contributed by atoms with Crippen LogP contribution in [0.15, 0.2) is 53.4 Å². The van der Waals surface area contributed by atoms with E-state index in [9.17, 15) is 8.42 Å². The summed E-state index contributed by atoms with van der Waals surface area (Å²) in [6, 6.07) is 14.2. The quantitative estimate of drug-likeness (QED) is 0.923. The minimum Gasteiger partial charge on any atom is -0.495 e. The number of ether oxygens (including phenoxy) is 1. The van der Waals surface area contributed by atoms with Gasteiger partial charge in [-0.05, 0) is 37.1 Å². The summed E-state index contributed by atoms with van der Waals surface area (Å²) in [5, 5.41) is 0. The fraction of sp³-hybridized carbons (Fsp3) is 0.250. The van der Waals surface area contributed by atoms with E-state index in [-0.39, 0.29) is 10.9 Å². The first kappa shape index (κ1) is 15.5. The van der Waals surface area contributed by atoms with Gasteiger partial charge >= 0.3 is 0 Å². The van der Waals surface area contributed by atoms with E-state index in [1.54, 1.807) is 12.1 Å². The van der Waals surface area contributed by atoms with Crippen LogP contribution in [0.2, 0.25) is 0 Å². The number of hydrogen-bond donors (Lipinski definition) is 1. The highest BCUT2D eigenvalue weighted by atomic mass is 32.2. The molecule has 0 aliphatic heterocycles. The van der Waals surface area contributed by atoms with Gasteiger partial charge in [-0.2, -0.15) is 0 Å². The maximum atomic E-state index is 12.6. The lowest BCUT2D eigenvalue weighted by Crippen LogP contribution is -2.27. The highest BCUT2D eigenvalue weighted by molar-refractivity contribution is 7.89. The smallest absolute Gasteiger partial charge is 0.244 e. The number of nitrogens with one attached hydrogen (secondary N) is 1. The van der Waals surface area contributed by atoms with Crippen LogP contribution in [0.1, 0.15) is 24.1 Å². The Labute approximate surface area is 125 Å². The lowest BCUT2D eigenvalue weighted by Gasteiger charge is -2.16. The van der Waals surface area contributed by atoms with Gasteiger partial charge in [-0.1, -0.05) is 36.4 Å². The maximum Gasteiger partial charge on any atom is 0.244 e. The first-order chi connectivity index (χ1) is 9.94. The van der Waals surface area contributed by atoms with Crippen LogP contribution in [0.4, 0.5) is 0 Å². The monoisotopic (exact) mass is 305 g/mol. The Bertz CT molecular complexity index is 712. The second-order valence-electron chi connectivity index (χ2n) is 4.91. The largest absolute Gasteiger partial charge is 0.495 e. The van der Waals surface area contributed by atoms with Crippen LogP contribution >= 0.6 is 0 Å². The lowest BCUT2D eigenvalue weighted by atomic mass is 10.1. The molecular formula is C16H19NO3S. The van der Waals surface area contributed by atoms with Crippen molar-refractivity contribution in [3.05, 3.63) is 59.7 Å². The van der Waals surface area contributed by atoms with Crippen LogP contribution in [-0.2, 0) is 10.0 Å². The van der Waals surface area contributed by atoms with E-state index in [1.807, 2.05) is 50.2 Å². The Morgan fingerprint density at radius 3 is 2.38 bits per heavy atom. The van der Waals surface area contributed by atoms with Gasteiger partial charge in [-0.3, -0.25) is 0 Å². The molecule has 0 radical (unpaired) electrons. The minimum atomic E-state index is -3.65. The van der Waals surface area contributed by atoms with Gasteiger partial charge in [-0.25, -0.2) is 13.1 Å². The molecule has 2 rings (SSSR count). The van der Waals surface area contributed by atoms with E-state index < -0.39 is 10.0 Å². The molecule has 0 aliphatic rings. The highest BCUT2D eigenvalue weighted by Crippen LogP contribution is 2.26. The van der Waals surface area contributed by atoms with Crippen molar-refractivity contribution in [3.8, 4) is 5.75 Å². The Morgan fingerprint density at radius 1 is 1.10 bits per heavy atom. The Hall–Kier alpha value is -1.85. The van der Waals surface area contributed by atoms with Crippen LogP contribution in [0, 0.1) is 6.92 Å². The molecule has 0 fully saturated rings. The van der Waals surface area contributed by atoms with Crippen molar-refractivity contribution in [3.63, 3.8) is 0 Å². The molecule has 0 heterocycles. The predicted octanol–water partition coefficient (Wildman–Crippen LogP) is 3.04. The summed E-state index contributed by atoms with van der Waals surface area (Å²) >= 11 is 0. The Balaban J connectivity index is 2.33. The average molecular weight is 305 g/mol. The van der Waals surface area contributed by atoms with Crippen LogP contribution in [0.5, 0.6) is 5.75 Å². The zero-order chi connectivity index (χ0) is 15.5. The molecule has 0 aliphatic carbocycles. The molecule has 2 aromatic rings. The van der Waals surface area contributed by atoms with Crippen molar-refractivity contribution in [2.75, 3.05) is 7.11 Å². The molecule has 112 valence electrons. The SMILES string of the molecule is COc1ccc(C)cc1S(=O)(=O)N[C@H](C)c1ccccc1. The summed E-state index contributed by atoms with van der Waals surface area (Å²) in [5.74, 6) is 0.341. The summed E-state index contributed by atoms with van der Waals surface area (Å²) in [7, 11) is -2.19. The van der Waals surface area contributed by atoms with Crippen molar-refractivity contribution < 1.29 is 13.2 Å². The average Bonchev–Trinajstić information content (AvgIpc) is 2.47. The molecule has 0 saturated heterocycles. The van der Waals surface area contributed by atoms with E-state index >= 15 is 0 Å². The summed E-state index contributed by atoms with van der Waals surface area (Å²) < 4.78 is 33.0. The number of rotatable bonds is 5. The van der Waals surface area contributed by atoms with Crippen molar-refractivity contribution in [1.29, 1.82) is 0 Å². The lowest BCUT2D eigenvalue weighted by molar-refractivity contribution is 0.402. The third-order valence-corrected chi connectivity index (χ3v) is 4.80. The normalized spacial score (nSPS) is 12.9. The predicted molar refractivity (Wildman–Crippen MR) is 82.9 cm³/mol. The molecule has 0 bridgehead atoms. The van der Waals surface area contributed by atoms with E-state index in [0.717, 1.165) is 11.1 Å². The van der Waals surface area contributed by atoms with Crippen molar-refractivity contribution in [2.45, 2.75) is 24.8 Å². The van der Waals surface area contributed by atoms with E-state index in [0.29, 0.717) is 5.75 Å². The minimum absolute atomic E-state index is 0.160. The number of benzene rings is 2. The third-order valence-electron chi connectivity index (χ3n) is 3.24. The zero-order valence-electron chi connectivity index (χ0n) is 12.3. The van der Waals surface area contributed by atoms with Gasteiger partial charge in [0.15, 0.2) is 0 Å². The number of aryl methyl sites for hydroxylation is 1. The molecular weight excluding hydrogens is 286 g/mol. The topological polar surface area (TPSA) is 55.4 Å². The van der Waals surface area contributed by atoms with Gasteiger partial charge in [0.2, 0.25) is 10.0 Å². The number of hydrogen-bond acceptors (Lipinski definition) is 3. The second-order valence-corrected chi connectivity index (χ2v) is 6.59. The zero-order valence-corrected chi connectivity index (χ0v) is 13.1. The van der Waals surface area contributed by atoms with Gasteiger partial charge < -0.3 is 4.74 Å². The van der Waals surface area contributed by atoms with Crippen molar-refractivity contribution >= 4 is 10.0 Å². The van der Waals surface area contributed by atoms with Gasteiger partial charge in [0.25, 0.3) is 0 Å². The number of sulfonamides is 1.